The summed E-state index contributed by atoms with van der Waals surface area (Å²) < 4.78 is 5.19. The summed E-state index contributed by atoms with van der Waals surface area (Å²) in [6, 6.07) is 17.1. The van der Waals surface area contributed by atoms with E-state index in [-0.39, 0.29) is 0 Å². The standard InChI is InChI=1S/C26H35N3O2/c1-3-10-22(14-9-5-8-13-20-11-6-4-7-12-20)28-18-17-23(27-2)21-15-16-24-25(19-21)31-26(30)29-24/h4,6-7,11-12,15-16,19,22,28H,3,5,8-10,13-14,17-18H2,1-2H3,(H,29,30). The van der Waals surface area contributed by atoms with Gasteiger partial charge in [0.15, 0.2) is 5.58 Å². The zero-order valence-electron chi connectivity index (χ0n) is 18.8. The van der Waals surface area contributed by atoms with Crippen LogP contribution in [0.4, 0.5) is 0 Å². The first kappa shape index (κ1) is 23.0. The molecule has 166 valence electrons. The minimum Gasteiger partial charge on any atom is -0.408 e. The van der Waals surface area contributed by atoms with Crippen LogP contribution >= 0.6 is 0 Å². The molecule has 5 heteroatoms. The van der Waals surface area contributed by atoms with Crippen molar-refractivity contribution in [1.29, 1.82) is 0 Å². The van der Waals surface area contributed by atoms with Gasteiger partial charge in [-0.25, -0.2) is 4.79 Å². The van der Waals surface area contributed by atoms with Crippen LogP contribution in [0.2, 0.25) is 0 Å². The van der Waals surface area contributed by atoms with E-state index in [4.69, 9.17) is 4.42 Å². The quantitative estimate of drug-likeness (QED) is 0.283. The highest BCUT2D eigenvalue weighted by Crippen LogP contribution is 2.15. The second-order valence-electron chi connectivity index (χ2n) is 8.17. The smallest absolute Gasteiger partial charge is 0.408 e. The van der Waals surface area contributed by atoms with Gasteiger partial charge in [-0.15, -0.1) is 0 Å². The summed E-state index contributed by atoms with van der Waals surface area (Å²) >= 11 is 0. The molecule has 0 spiro atoms. The number of H-pyrrole nitrogens is 1. The molecular formula is C26H35N3O2. The molecule has 5 nitrogen and oxygen atoms in total. The SMILES string of the molecule is CCCC(CCCCCc1ccccc1)NCCC(=NC)c1ccc2[nH]c(=O)oc2c1. The number of nitrogens with one attached hydrogen (secondary N) is 2. The number of unbranched alkanes of at least 4 members (excludes halogenated alkanes) is 2. The molecule has 2 aromatic carbocycles. The largest absolute Gasteiger partial charge is 0.417 e. The third-order valence-electron chi connectivity index (χ3n) is 5.82. The first-order chi connectivity index (χ1) is 15.2. The number of aromatic nitrogens is 1. The number of aryl methyl sites for hydroxylation is 1. The van der Waals surface area contributed by atoms with Crippen molar-refractivity contribution < 1.29 is 4.42 Å². The summed E-state index contributed by atoms with van der Waals surface area (Å²) in [5.74, 6) is -0.421. The van der Waals surface area contributed by atoms with Crippen LogP contribution in [-0.2, 0) is 6.42 Å². The second kappa shape index (κ2) is 12.3. The normalized spacial score (nSPS) is 13.0. The molecule has 3 aromatic rings. The fourth-order valence-electron chi connectivity index (χ4n) is 4.14. The van der Waals surface area contributed by atoms with Crippen molar-refractivity contribution >= 4 is 16.8 Å². The minimum absolute atomic E-state index is 0.421. The maximum atomic E-state index is 11.4. The predicted octanol–water partition coefficient (Wildman–Crippen LogP) is 5.49. The van der Waals surface area contributed by atoms with Gasteiger partial charge in [0.25, 0.3) is 0 Å². The third-order valence-corrected chi connectivity index (χ3v) is 5.82. The van der Waals surface area contributed by atoms with Crippen LogP contribution in [0.3, 0.4) is 0 Å². The number of oxazole rings is 1. The highest BCUT2D eigenvalue weighted by Gasteiger charge is 2.10. The van der Waals surface area contributed by atoms with E-state index >= 15 is 0 Å². The number of hydrogen-bond acceptors (Lipinski definition) is 4. The lowest BCUT2D eigenvalue weighted by atomic mass is 10.0. The number of nitrogens with zero attached hydrogens (tertiary/aromatic N) is 1. The predicted molar refractivity (Wildman–Crippen MR) is 129 cm³/mol. The zero-order valence-corrected chi connectivity index (χ0v) is 18.8. The Morgan fingerprint density at radius 1 is 1.10 bits per heavy atom. The number of fused-ring (bicyclic) bond motifs is 1. The highest BCUT2D eigenvalue weighted by atomic mass is 16.4. The molecule has 0 radical (unpaired) electrons. The van der Waals surface area contributed by atoms with Crippen LogP contribution in [-0.4, -0.2) is 30.3 Å². The van der Waals surface area contributed by atoms with Gasteiger partial charge in [0.2, 0.25) is 0 Å². The van der Waals surface area contributed by atoms with Gasteiger partial charge in [0, 0.05) is 31.8 Å². The van der Waals surface area contributed by atoms with Gasteiger partial charge in [-0.3, -0.25) is 9.98 Å². The molecule has 0 aliphatic rings. The van der Waals surface area contributed by atoms with E-state index in [1.807, 2.05) is 25.2 Å². The van der Waals surface area contributed by atoms with E-state index in [0.717, 1.165) is 29.8 Å². The molecule has 1 unspecified atom stereocenters. The van der Waals surface area contributed by atoms with Crippen LogP contribution in [0.15, 0.2) is 62.7 Å². The molecule has 0 aliphatic heterocycles. The molecule has 0 bridgehead atoms. The summed E-state index contributed by atoms with van der Waals surface area (Å²) in [5.41, 5.74) is 4.77. The van der Waals surface area contributed by atoms with Crippen molar-refractivity contribution in [2.75, 3.05) is 13.6 Å². The first-order valence-electron chi connectivity index (χ1n) is 11.6. The Labute approximate surface area is 185 Å². The lowest BCUT2D eigenvalue weighted by Crippen LogP contribution is -2.31. The molecule has 0 saturated carbocycles. The maximum absolute atomic E-state index is 11.4. The number of aliphatic imine (C=N–C) groups is 1. The highest BCUT2D eigenvalue weighted by molar-refractivity contribution is 6.02. The Morgan fingerprint density at radius 2 is 1.94 bits per heavy atom. The van der Waals surface area contributed by atoms with Gasteiger partial charge < -0.3 is 9.73 Å². The summed E-state index contributed by atoms with van der Waals surface area (Å²) in [6.45, 7) is 3.15. The third kappa shape index (κ3) is 7.21. The van der Waals surface area contributed by atoms with Crippen molar-refractivity contribution in [3.05, 3.63) is 70.2 Å². The average Bonchev–Trinajstić information content (AvgIpc) is 3.16. The van der Waals surface area contributed by atoms with Crippen LogP contribution in [0, 0.1) is 0 Å². The second-order valence-corrected chi connectivity index (χ2v) is 8.17. The molecule has 2 N–H and O–H groups in total. The van der Waals surface area contributed by atoms with Crippen molar-refractivity contribution in [3.8, 4) is 0 Å². The Kier molecular flexibility index (Phi) is 9.10. The van der Waals surface area contributed by atoms with Crippen molar-refractivity contribution in [2.24, 2.45) is 4.99 Å². The van der Waals surface area contributed by atoms with Gasteiger partial charge in [-0.1, -0.05) is 62.6 Å². The van der Waals surface area contributed by atoms with Gasteiger partial charge in [-0.2, -0.15) is 0 Å². The topological polar surface area (TPSA) is 70.4 Å². The van der Waals surface area contributed by atoms with Crippen LogP contribution < -0.4 is 11.1 Å². The minimum atomic E-state index is -0.421. The van der Waals surface area contributed by atoms with Gasteiger partial charge in [0.05, 0.1) is 5.52 Å². The van der Waals surface area contributed by atoms with E-state index in [1.54, 1.807) is 0 Å². The Morgan fingerprint density at radius 3 is 2.71 bits per heavy atom. The number of benzene rings is 2. The summed E-state index contributed by atoms with van der Waals surface area (Å²) in [6.07, 6.45) is 9.45. The maximum Gasteiger partial charge on any atom is 0.417 e. The van der Waals surface area contributed by atoms with E-state index < -0.39 is 5.76 Å². The van der Waals surface area contributed by atoms with Crippen molar-refractivity contribution in [1.82, 2.24) is 10.3 Å². The van der Waals surface area contributed by atoms with E-state index in [2.05, 4.69) is 52.5 Å². The molecule has 31 heavy (non-hydrogen) atoms. The summed E-state index contributed by atoms with van der Waals surface area (Å²) in [4.78, 5) is 18.5. The van der Waals surface area contributed by atoms with Gasteiger partial charge in [0.1, 0.15) is 0 Å². The van der Waals surface area contributed by atoms with Gasteiger partial charge >= 0.3 is 5.76 Å². The molecule has 0 saturated heterocycles. The lowest BCUT2D eigenvalue weighted by Gasteiger charge is -2.18. The number of rotatable bonds is 13. The number of hydrogen-bond donors (Lipinski definition) is 2. The van der Waals surface area contributed by atoms with Crippen molar-refractivity contribution in [3.63, 3.8) is 0 Å². The molecular weight excluding hydrogens is 386 g/mol. The average molecular weight is 422 g/mol. The fraction of sp³-hybridized carbons (Fsp3) is 0.462. The van der Waals surface area contributed by atoms with E-state index in [9.17, 15) is 4.79 Å². The lowest BCUT2D eigenvalue weighted by molar-refractivity contribution is 0.434. The van der Waals surface area contributed by atoms with Crippen LogP contribution in [0.25, 0.3) is 11.1 Å². The van der Waals surface area contributed by atoms with Gasteiger partial charge in [-0.05, 0) is 48.9 Å². The van der Waals surface area contributed by atoms with E-state index in [1.165, 1.54) is 50.5 Å². The molecule has 1 aromatic heterocycles. The molecule has 0 aliphatic carbocycles. The zero-order chi connectivity index (χ0) is 21.9. The molecule has 0 amide bonds. The van der Waals surface area contributed by atoms with Crippen LogP contribution in [0.5, 0.6) is 0 Å². The number of aromatic amines is 1. The van der Waals surface area contributed by atoms with Crippen LogP contribution in [0.1, 0.15) is 63.0 Å². The molecule has 1 atom stereocenters. The molecule has 1 heterocycles. The summed E-state index contributed by atoms with van der Waals surface area (Å²) in [7, 11) is 1.82. The molecule has 3 rings (SSSR count). The first-order valence-corrected chi connectivity index (χ1v) is 11.6. The Balaban J connectivity index is 1.42. The molecule has 0 fully saturated rings. The van der Waals surface area contributed by atoms with Crippen molar-refractivity contribution in [2.45, 2.75) is 64.3 Å². The monoisotopic (exact) mass is 421 g/mol. The summed E-state index contributed by atoms with van der Waals surface area (Å²) in [5, 5.41) is 3.74. The Bertz CT molecular complexity index is 1000. The fourth-order valence-corrected chi connectivity index (χ4v) is 4.14. The van der Waals surface area contributed by atoms with E-state index in [0.29, 0.717) is 11.6 Å². The Hall–Kier alpha value is -2.66.